The highest BCUT2D eigenvalue weighted by Gasteiger charge is 2.26. The van der Waals surface area contributed by atoms with Crippen molar-refractivity contribution in [3.63, 3.8) is 0 Å². The standard InChI is InChI=1S/C27H30FN7O/c1-17-15-29-11-13-35(17)26-21-14-22(28)24(20-9-3-6-18-7-4-10-30-23(18)20)31-25(21)32-27(33-26)36-16-19-8-5-12-34(19)2/h3-4,6-7,9-10,14,17,19,29H,5,8,11-13,15-16H2,1-2H3. The second-order valence-corrected chi connectivity index (χ2v) is 9.73. The predicted octanol–water partition coefficient (Wildman–Crippen LogP) is 3.65. The Balaban J connectivity index is 1.47. The molecule has 2 atom stereocenters. The molecule has 186 valence electrons. The lowest BCUT2D eigenvalue weighted by molar-refractivity contribution is 0.188. The van der Waals surface area contributed by atoms with Crippen LogP contribution in [0.3, 0.4) is 0 Å². The van der Waals surface area contributed by atoms with Gasteiger partial charge in [-0.15, -0.1) is 0 Å². The Morgan fingerprint density at radius 2 is 2.03 bits per heavy atom. The highest BCUT2D eigenvalue weighted by atomic mass is 19.1. The number of rotatable bonds is 5. The van der Waals surface area contributed by atoms with Crippen molar-refractivity contribution in [2.45, 2.75) is 31.8 Å². The van der Waals surface area contributed by atoms with E-state index in [1.807, 2.05) is 30.3 Å². The minimum atomic E-state index is -0.422. The van der Waals surface area contributed by atoms with Crippen LogP contribution in [-0.2, 0) is 0 Å². The summed E-state index contributed by atoms with van der Waals surface area (Å²) >= 11 is 0. The molecule has 6 rings (SSSR count). The van der Waals surface area contributed by atoms with Crippen LogP contribution < -0.4 is 15.0 Å². The summed E-state index contributed by atoms with van der Waals surface area (Å²) in [5, 5.41) is 4.92. The molecule has 0 radical (unpaired) electrons. The van der Waals surface area contributed by atoms with Crippen molar-refractivity contribution in [2.24, 2.45) is 0 Å². The summed E-state index contributed by atoms with van der Waals surface area (Å²) in [5.74, 6) is 0.243. The largest absolute Gasteiger partial charge is 0.462 e. The van der Waals surface area contributed by atoms with E-state index < -0.39 is 5.82 Å². The highest BCUT2D eigenvalue weighted by Crippen LogP contribution is 2.33. The molecule has 2 unspecified atom stereocenters. The average Bonchev–Trinajstić information content (AvgIpc) is 3.31. The maximum absolute atomic E-state index is 15.7. The molecule has 0 bridgehead atoms. The number of anilines is 1. The number of nitrogens with one attached hydrogen (secondary N) is 1. The first-order valence-corrected chi connectivity index (χ1v) is 12.6. The molecule has 0 amide bonds. The summed E-state index contributed by atoms with van der Waals surface area (Å²) in [6.07, 6.45) is 3.96. The third-order valence-corrected chi connectivity index (χ3v) is 7.34. The Kier molecular flexibility index (Phi) is 6.10. The smallest absolute Gasteiger partial charge is 0.320 e. The van der Waals surface area contributed by atoms with E-state index in [9.17, 15) is 0 Å². The lowest BCUT2D eigenvalue weighted by Crippen LogP contribution is -2.50. The van der Waals surface area contributed by atoms with Crippen molar-refractivity contribution in [1.29, 1.82) is 0 Å². The minimum absolute atomic E-state index is 0.190. The van der Waals surface area contributed by atoms with Crippen LogP contribution in [0, 0.1) is 5.82 Å². The molecule has 3 aromatic heterocycles. The van der Waals surface area contributed by atoms with E-state index in [1.165, 1.54) is 6.07 Å². The van der Waals surface area contributed by atoms with Gasteiger partial charge in [-0.1, -0.05) is 24.3 Å². The third kappa shape index (κ3) is 4.22. The molecule has 2 aliphatic rings. The number of para-hydroxylation sites is 1. The molecule has 8 nitrogen and oxygen atoms in total. The van der Waals surface area contributed by atoms with Crippen LogP contribution in [0.4, 0.5) is 10.2 Å². The number of nitrogens with zero attached hydrogens (tertiary/aromatic N) is 6. The number of halogens is 1. The molecule has 9 heteroatoms. The minimum Gasteiger partial charge on any atom is -0.462 e. The Bertz CT molecular complexity index is 1410. The zero-order valence-electron chi connectivity index (χ0n) is 20.6. The van der Waals surface area contributed by atoms with Crippen molar-refractivity contribution in [1.82, 2.24) is 30.2 Å². The van der Waals surface area contributed by atoms with Gasteiger partial charge in [0.15, 0.2) is 5.65 Å². The topological polar surface area (TPSA) is 79.3 Å². The van der Waals surface area contributed by atoms with Crippen molar-refractivity contribution in [3.8, 4) is 17.3 Å². The van der Waals surface area contributed by atoms with Crippen molar-refractivity contribution >= 4 is 27.8 Å². The van der Waals surface area contributed by atoms with Crippen molar-refractivity contribution in [2.75, 3.05) is 44.7 Å². The molecule has 0 spiro atoms. The number of ether oxygens (including phenoxy) is 1. The molecule has 36 heavy (non-hydrogen) atoms. The summed E-state index contributed by atoms with van der Waals surface area (Å²) in [5.41, 5.74) is 1.99. The molecule has 4 aromatic rings. The Morgan fingerprint density at radius 3 is 2.86 bits per heavy atom. The predicted molar refractivity (Wildman–Crippen MR) is 139 cm³/mol. The number of pyridine rings is 2. The molecule has 2 saturated heterocycles. The van der Waals surface area contributed by atoms with E-state index >= 15 is 4.39 Å². The molecule has 2 fully saturated rings. The number of piperazine rings is 1. The van der Waals surface area contributed by atoms with Gasteiger partial charge in [0, 0.05) is 48.9 Å². The first kappa shape index (κ1) is 23.0. The van der Waals surface area contributed by atoms with Crippen LogP contribution in [0.2, 0.25) is 0 Å². The van der Waals surface area contributed by atoms with Gasteiger partial charge in [-0.2, -0.15) is 9.97 Å². The first-order valence-electron chi connectivity index (χ1n) is 12.6. The zero-order valence-corrected chi connectivity index (χ0v) is 20.6. The fourth-order valence-electron chi connectivity index (χ4n) is 5.28. The van der Waals surface area contributed by atoms with Gasteiger partial charge in [0.2, 0.25) is 0 Å². The molecule has 1 N–H and O–H groups in total. The van der Waals surface area contributed by atoms with Gasteiger partial charge in [0.1, 0.15) is 23.9 Å². The van der Waals surface area contributed by atoms with Gasteiger partial charge < -0.3 is 19.9 Å². The monoisotopic (exact) mass is 487 g/mol. The summed E-state index contributed by atoms with van der Waals surface area (Å²) in [6.45, 7) is 6.13. The number of hydrogen-bond acceptors (Lipinski definition) is 8. The second kappa shape index (κ2) is 9.55. The maximum atomic E-state index is 15.7. The molecular weight excluding hydrogens is 457 g/mol. The van der Waals surface area contributed by atoms with E-state index in [0.717, 1.165) is 44.4 Å². The van der Waals surface area contributed by atoms with Crippen LogP contribution in [0.15, 0.2) is 42.6 Å². The van der Waals surface area contributed by atoms with Crippen molar-refractivity contribution < 1.29 is 9.13 Å². The highest BCUT2D eigenvalue weighted by molar-refractivity contribution is 5.95. The average molecular weight is 488 g/mol. The van der Waals surface area contributed by atoms with Gasteiger partial charge >= 0.3 is 6.01 Å². The number of likely N-dealkylation sites (tertiary alicyclic amines) is 1. The fraction of sp³-hybridized carbons (Fsp3) is 0.407. The summed E-state index contributed by atoms with van der Waals surface area (Å²) in [7, 11) is 2.12. The van der Waals surface area contributed by atoms with Crippen molar-refractivity contribution in [3.05, 3.63) is 48.4 Å². The molecular formula is C27H30FN7O. The number of likely N-dealkylation sites (N-methyl/N-ethyl adjacent to an activating group) is 1. The SMILES string of the molecule is CC1CNCCN1c1nc(OCC2CCCN2C)nc2nc(-c3cccc4cccnc34)c(F)cc12. The van der Waals surface area contributed by atoms with E-state index in [2.05, 4.69) is 39.1 Å². The third-order valence-electron chi connectivity index (χ3n) is 7.34. The van der Waals surface area contributed by atoms with Gasteiger partial charge in [-0.25, -0.2) is 9.37 Å². The van der Waals surface area contributed by atoms with Gasteiger partial charge in [0.05, 0.1) is 10.9 Å². The van der Waals surface area contributed by atoms with E-state index in [-0.39, 0.29) is 17.7 Å². The van der Waals surface area contributed by atoms with Crippen LogP contribution in [0.1, 0.15) is 19.8 Å². The van der Waals surface area contributed by atoms with Crippen LogP contribution in [0.25, 0.3) is 33.2 Å². The number of benzene rings is 1. The summed E-state index contributed by atoms with van der Waals surface area (Å²) in [4.78, 5) is 23.2. The van der Waals surface area contributed by atoms with E-state index in [4.69, 9.17) is 14.7 Å². The Labute approximate surface area is 209 Å². The first-order chi connectivity index (χ1) is 17.6. The van der Waals surface area contributed by atoms with Crippen LogP contribution in [0.5, 0.6) is 6.01 Å². The quantitative estimate of drug-likeness (QED) is 0.457. The molecule has 0 saturated carbocycles. The fourth-order valence-corrected chi connectivity index (χ4v) is 5.28. The van der Waals surface area contributed by atoms with Gasteiger partial charge in [0.25, 0.3) is 0 Å². The van der Waals surface area contributed by atoms with Crippen LogP contribution in [-0.4, -0.2) is 76.8 Å². The molecule has 0 aliphatic carbocycles. The summed E-state index contributed by atoms with van der Waals surface area (Å²) in [6, 6.07) is 11.9. The second-order valence-electron chi connectivity index (χ2n) is 9.73. The molecule has 5 heterocycles. The number of hydrogen-bond donors (Lipinski definition) is 1. The Morgan fingerprint density at radius 1 is 1.14 bits per heavy atom. The number of fused-ring (bicyclic) bond motifs is 2. The zero-order chi connectivity index (χ0) is 24.6. The van der Waals surface area contributed by atoms with Crippen LogP contribution >= 0.6 is 0 Å². The Hall–Kier alpha value is -3.43. The molecule has 1 aromatic carbocycles. The van der Waals surface area contributed by atoms with E-state index in [0.29, 0.717) is 40.6 Å². The maximum Gasteiger partial charge on any atom is 0.320 e. The van der Waals surface area contributed by atoms with Gasteiger partial charge in [-0.05, 0) is 45.5 Å². The summed E-state index contributed by atoms with van der Waals surface area (Å²) < 4.78 is 21.8. The lowest BCUT2D eigenvalue weighted by Gasteiger charge is -2.35. The normalized spacial score (nSPS) is 20.9. The van der Waals surface area contributed by atoms with E-state index in [1.54, 1.807) is 6.20 Å². The van der Waals surface area contributed by atoms with Gasteiger partial charge in [-0.3, -0.25) is 4.98 Å². The number of aromatic nitrogens is 4. The molecule has 2 aliphatic heterocycles. The lowest BCUT2D eigenvalue weighted by atomic mass is 10.1.